The van der Waals surface area contributed by atoms with Gasteiger partial charge in [-0.25, -0.2) is 4.90 Å². The Morgan fingerprint density at radius 1 is 1.00 bits per heavy atom. The number of nitrogens with zero attached hydrogens (tertiary/aromatic N) is 2. The van der Waals surface area contributed by atoms with Gasteiger partial charge in [-0.3, -0.25) is 9.59 Å². The predicted octanol–water partition coefficient (Wildman–Crippen LogP) is 4.90. The van der Waals surface area contributed by atoms with E-state index in [0.29, 0.717) is 35.9 Å². The van der Waals surface area contributed by atoms with Crippen LogP contribution < -0.4 is 4.90 Å². The number of fused-ring (bicyclic) bond motifs is 6. The van der Waals surface area contributed by atoms with E-state index in [1.807, 2.05) is 68.4 Å². The molecule has 3 aromatic rings. The van der Waals surface area contributed by atoms with Crippen LogP contribution >= 0.6 is 0 Å². The van der Waals surface area contributed by atoms with Crippen LogP contribution in [0.3, 0.4) is 0 Å². The Balaban J connectivity index is 1.39. The van der Waals surface area contributed by atoms with Crippen molar-refractivity contribution >= 4 is 28.3 Å². The fraction of sp³-hybridized carbons (Fsp3) is 0.367. The molecule has 6 rings (SSSR count). The van der Waals surface area contributed by atoms with Crippen LogP contribution in [-0.4, -0.2) is 28.1 Å². The van der Waals surface area contributed by atoms with Crippen LogP contribution in [0.5, 0.6) is 0 Å². The van der Waals surface area contributed by atoms with Crippen molar-refractivity contribution in [3.63, 3.8) is 0 Å². The summed E-state index contributed by atoms with van der Waals surface area (Å²) in [6, 6.07) is 22.5. The highest BCUT2D eigenvalue weighted by atomic mass is 16.5. The van der Waals surface area contributed by atoms with Gasteiger partial charge in [-0.1, -0.05) is 61.5 Å². The third-order valence-electron chi connectivity index (χ3n) is 8.78. The zero-order valence-corrected chi connectivity index (χ0v) is 20.3. The molecule has 3 heterocycles. The minimum atomic E-state index is -0.806. The lowest BCUT2D eigenvalue weighted by atomic mass is 9.63. The van der Waals surface area contributed by atoms with Crippen molar-refractivity contribution in [1.29, 1.82) is 5.26 Å². The Morgan fingerprint density at radius 3 is 2.39 bits per heavy atom. The van der Waals surface area contributed by atoms with Crippen LogP contribution in [0.4, 0.5) is 5.69 Å². The molecule has 3 aliphatic heterocycles. The average Bonchev–Trinajstić information content (AvgIpc) is 3.49. The zero-order valence-electron chi connectivity index (χ0n) is 20.3. The second-order valence-corrected chi connectivity index (χ2v) is 10.7. The van der Waals surface area contributed by atoms with Crippen LogP contribution in [0.25, 0.3) is 10.8 Å². The summed E-state index contributed by atoms with van der Waals surface area (Å²) in [5.41, 5.74) is 0.322. The van der Waals surface area contributed by atoms with Gasteiger partial charge < -0.3 is 9.84 Å². The number of anilines is 1. The van der Waals surface area contributed by atoms with Gasteiger partial charge in [0.1, 0.15) is 0 Å². The van der Waals surface area contributed by atoms with Crippen LogP contribution in [0.1, 0.15) is 50.3 Å². The van der Waals surface area contributed by atoms with Gasteiger partial charge in [-0.15, -0.1) is 0 Å². The third-order valence-corrected chi connectivity index (χ3v) is 8.78. The van der Waals surface area contributed by atoms with Crippen molar-refractivity contribution < 1.29 is 19.4 Å². The first kappa shape index (κ1) is 22.9. The molecule has 0 radical (unpaired) electrons. The number of amides is 2. The van der Waals surface area contributed by atoms with Gasteiger partial charge in [0.25, 0.3) is 0 Å². The van der Waals surface area contributed by atoms with Crippen molar-refractivity contribution in [2.45, 2.75) is 50.4 Å². The van der Waals surface area contributed by atoms with Crippen molar-refractivity contribution in [3.8, 4) is 6.07 Å². The molecule has 182 valence electrons. The number of hydrogen-bond acceptors (Lipinski definition) is 5. The molecular formula is C30H28N2O4. The summed E-state index contributed by atoms with van der Waals surface area (Å²) < 4.78 is 6.64. The molecule has 0 aromatic heterocycles. The van der Waals surface area contributed by atoms with E-state index < -0.39 is 29.1 Å². The number of aliphatic hydroxyl groups excluding tert-OH is 1. The Labute approximate surface area is 210 Å². The Morgan fingerprint density at radius 2 is 1.67 bits per heavy atom. The predicted molar refractivity (Wildman–Crippen MR) is 135 cm³/mol. The molecule has 36 heavy (non-hydrogen) atoms. The molecule has 6 heteroatoms. The highest BCUT2D eigenvalue weighted by molar-refractivity contribution is 6.26. The topological polar surface area (TPSA) is 90.6 Å². The van der Waals surface area contributed by atoms with Crippen LogP contribution in [0.15, 0.2) is 66.7 Å². The molecule has 1 N–H and O–H groups in total. The highest BCUT2D eigenvalue weighted by Crippen LogP contribution is 2.64. The number of carbonyl (C=O) groups excluding carboxylic acids is 2. The van der Waals surface area contributed by atoms with Gasteiger partial charge in [0.15, 0.2) is 0 Å². The van der Waals surface area contributed by atoms with Crippen molar-refractivity contribution in [2.75, 3.05) is 4.90 Å². The van der Waals surface area contributed by atoms with Gasteiger partial charge in [-0.2, -0.15) is 5.26 Å². The maximum Gasteiger partial charge on any atom is 0.240 e. The standard InChI is InChI=1S/C30H28N2O4/c1-18(16-24(33)19-8-4-3-5-9-19)30-15-14-29(2,36-30)25-26(30)28(35)32(27(25)34)23-13-12-20(17-31)21-10-6-7-11-22(21)23/h3-13,18,24-26,33H,14-16H2,1-2H3. The molecule has 6 nitrogen and oxygen atoms in total. The fourth-order valence-corrected chi connectivity index (χ4v) is 7.01. The summed E-state index contributed by atoms with van der Waals surface area (Å²) in [7, 11) is 0. The number of imide groups is 1. The maximum atomic E-state index is 14.1. The monoisotopic (exact) mass is 480 g/mol. The highest BCUT2D eigenvalue weighted by Gasteiger charge is 2.75. The second kappa shape index (κ2) is 7.99. The number of benzene rings is 3. The first-order chi connectivity index (χ1) is 17.3. The van der Waals surface area contributed by atoms with E-state index in [4.69, 9.17) is 4.74 Å². The summed E-state index contributed by atoms with van der Waals surface area (Å²) in [5.74, 6) is -1.79. The quantitative estimate of drug-likeness (QED) is 0.525. The van der Waals surface area contributed by atoms with E-state index in [0.717, 1.165) is 10.9 Å². The molecule has 6 atom stereocenters. The SMILES string of the molecule is CC(CC(O)c1ccccc1)C12CCC(C)(O1)C1C(=O)N(c3ccc(C#N)c4ccccc34)C(=O)C12. The van der Waals surface area contributed by atoms with E-state index in [1.54, 1.807) is 12.1 Å². The lowest BCUT2D eigenvalue weighted by Gasteiger charge is -2.37. The van der Waals surface area contributed by atoms with E-state index >= 15 is 0 Å². The summed E-state index contributed by atoms with van der Waals surface area (Å²) in [5, 5.41) is 21.9. The second-order valence-electron chi connectivity index (χ2n) is 10.7. The largest absolute Gasteiger partial charge is 0.388 e. The van der Waals surface area contributed by atoms with E-state index in [9.17, 15) is 20.0 Å². The number of ether oxygens (including phenoxy) is 1. The first-order valence-corrected chi connectivity index (χ1v) is 12.5. The molecule has 0 aliphatic carbocycles. The fourth-order valence-electron chi connectivity index (χ4n) is 7.01. The molecule has 3 aromatic carbocycles. The number of rotatable bonds is 5. The minimum Gasteiger partial charge on any atom is -0.388 e. The number of nitriles is 1. The molecule has 0 saturated carbocycles. The Bertz CT molecular complexity index is 1430. The van der Waals surface area contributed by atoms with Gasteiger partial charge in [0.05, 0.1) is 46.5 Å². The summed E-state index contributed by atoms with van der Waals surface area (Å²) in [6.45, 7) is 3.98. The van der Waals surface area contributed by atoms with Crippen molar-refractivity contribution in [1.82, 2.24) is 0 Å². The van der Waals surface area contributed by atoms with Gasteiger partial charge >= 0.3 is 0 Å². The number of carbonyl (C=O) groups is 2. The summed E-state index contributed by atoms with van der Waals surface area (Å²) in [4.78, 5) is 29.3. The summed E-state index contributed by atoms with van der Waals surface area (Å²) >= 11 is 0. The van der Waals surface area contributed by atoms with Crippen LogP contribution in [0, 0.1) is 29.1 Å². The summed E-state index contributed by atoms with van der Waals surface area (Å²) in [6.07, 6.45) is 1.12. The molecule has 2 bridgehead atoms. The van der Waals surface area contributed by atoms with Crippen LogP contribution in [0.2, 0.25) is 0 Å². The molecule has 0 spiro atoms. The lowest BCUT2D eigenvalue weighted by Crippen LogP contribution is -2.47. The Hall–Kier alpha value is -3.53. The number of hydrogen-bond donors (Lipinski definition) is 1. The first-order valence-electron chi connectivity index (χ1n) is 12.5. The Kier molecular flexibility index (Phi) is 5.08. The van der Waals surface area contributed by atoms with Gasteiger partial charge in [0, 0.05) is 10.8 Å². The molecule has 2 amide bonds. The smallest absolute Gasteiger partial charge is 0.240 e. The molecule has 6 unspecified atom stereocenters. The van der Waals surface area contributed by atoms with Crippen LogP contribution in [-0.2, 0) is 14.3 Å². The van der Waals surface area contributed by atoms with Gasteiger partial charge in [0.2, 0.25) is 11.8 Å². The van der Waals surface area contributed by atoms with Gasteiger partial charge in [-0.05, 0) is 49.8 Å². The lowest BCUT2D eigenvalue weighted by molar-refractivity contribution is -0.135. The molecular weight excluding hydrogens is 452 g/mol. The van der Waals surface area contributed by atoms with E-state index in [1.165, 1.54) is 4.90 Å². The normalized spacial score (nSPS) is 30.4. The third kappa shape index (κ3) is 3.03. The minimum absolute atomic E-state index is 0.140. The zero-order chi connectivity index (χ0) is 25.2. The van der Waals surface area contributed by atoms with E-state index in [2.05, 4.69) is 6.07 Å². The van der Waals surface area contributed by atoms with Crippen molar-refractivity contribution in [2.24, 2.45) is 17.8 Å². The van der Waals surface area contributed by atoms with E-state index in [-0.39, 0.29) is 17.7 Å². The maximum absolute atomic E-state index is 14.1. The van der Waals surface area contributed by atoms with Crippen molar-refractivity contribution in [3.05, 3.63) is 77.9 Å². The molecule has 3 aliphatic rings. The molecule has 3 fully saturated rings. The average molecular weight is 481 g/mol. The number of aliphatic hydroxyl groups is 1. The molecule has 3 saturated heterocycles.